The van der Waals surface area contributed by atoms with Crippen LogP contribution in [0.5, 0.6) is 5.75 Å². The largest absolute Gasteiger partial charge is 0.487 e. The predicted octanol–water partition coefficient (Wildman–Crippen LogP) is 3.70. The van der Waals surface area contributed by atoms with E-state index in [0.717, 1.165) is 30.6 Å². The van der Waals surface area contributed by atoms with Gasteiger partial charge in [-0.05, 0) is 47.0 Å². The highest BCUT2D eigenvalue weighted by atomic mass is 16.5. The van der Waals surface area contributed by atoms with Crippen LogP contribution in [0.4, 0.5) is 0 Å². The Morgan fingerprint density at radius 3 is 2.84 bits per heavy atom. The fourth-order valence-corrected chi connectivity index (χ4v) is 3.46. The normalized spacial score (nSPS) is 28.6. The molecule has 1 aliphatic heterocycles. The van der Waals surface area contributed by atoms with Crippen molar-refractivity contribution in [2.24, 2.45) is 0 Å². The Balaban J connectivity index is 2.24. The monoisotopic (exact) mass is 260 g/mol. The van der Waals surface area contributed by atoms with Gasteiger partial charge in [-0.1, -0.05) is 11.1 Å². The first-order chi connectivity index (χ1) is 8.89. The average Bonchev–Trinajstić information content (AvgIpc) is 2.25. The average molecular weight is 260 g/mol. The molecule has 2 heterocycles. The Hall–Kier alpha value is -1.51. The van der Waals surface area contributed by atoms with E-state index in [4.69, 9.17) is 9.15 Å². The maximum absolute atomic E-state index is 12.2. The molecule has 2 atom stereocenters. The molecule has 0 amide bonds. The highest BCUT2D eigenvalue weighted by molar-refractivity contribution is 5.44. The van der Waals surface area contributed by atoms with E-state index in [-0.39, 0.29) is 17.1 Å². The van der Waals surface area contributed by atoms with E-state index in [0.29, 0.717) is 5.76 Å². The lowest BCUT2D eigenvalue weighted by atomic mass is 9.70. The first-order valence-electron chi connectivity index (χ1n) is 6.89. The molecule has 0 saturated heterocycles. The second kappa shape index (κ2) is 3.99. The molecule has 19 heavy (non-hydrogen) atoms. The Bertz CT molecular complexity index is 619. The molecule has 1 saturated carbocycles. The minimum atomic E-state index is -0.234. The molecule has 0 N–H and O–H groups in total. The Kier molecular flexibility index (Phi) is 2.63. The number of fused-ring (bicyclic) bond motifs is 4. The van der Waals surface area contributed by atoms with Gasteiger partial charge in [0.25, 0.3) is 0 Å². The van der Waals surface area contributed by atoms with E-state index in [1.54, 1.807) is 6.92 Å². The topological polar surface area (TPSA) is 39.4 Å². The Morgan fingerprint density at radius 1 is 1.42 bits per heavy atom. The maximum atomic E-state index is 12.2. The van der Waals surface area contributed by atoms with Crippen molar-refractivity contribution in [1.29, 1.82) is 0 Å². The summed E-state index contributed by atoms with van der Waals surface area (Å²) in [6, 6.07) is 1.86. The second-order valence-electron chi connectivity index (χ2n) is 6.26. The molecular formula is C16H20O3. The zero-order chi connectivity index (χ0) is 13.8. The van der Waals surface area contributed by atoms with Gasteiger partial charge in [-0.25, -0.2) is 4.79 Å². The van der Waals surface area contributed by atoms with Crippen LogP contribution in [0.25, 0.3) is 0 Å². The Morgan fingerprint density at radius 2 is 2.16 bits per heavy atom. The van der Waals surface area contributed by atoms with Crippen LogP contribution in [-0.4, -0.2) is 5.60 Å². The number of rotatable bonds is 0. The molecule has 1 aliphatic carbocycles. The molecule has 3 heteroatoms. The van der Waals surface area contributed by atoms with Gasteiger partial charge in [-0.3, -0.25) is 0 Å². The number of allylic oxidation sites excluding steroid dienone is 2. The van der Waals surface area contributed by atoms with Crippen molar-refractivity contribution in [2.45, 2.75) is 58.5 Å². The second-order valence-corrected chi connectivity index (χ2v) is 6.26. The smallest absolute Gasteiger partial charge is 0.343 e. The number of hydrogen-bond acceptors (Lipinski definition) is 3. The quantitative estimate of drug-likeness (QED) is 0.668. The first-order valence-corrected chi connectivity index (χ1v) is 6.89. The standard InChI is InChI=1S/C16H20O3/c1-9(2)11-5-6-16(4)8-12(11)14-13(19-16)7-10(3)18-15(14)17/h7,12H,5-6,8H2,1-4H3/t12-,16-/m1/s1. The zero-order valence-corrected chi connectivity index (χ0v) is 12.0. The van der Waals surface area contributed by atoms with Crippen LogP contribution in [-0.2, 0) is 0 Å². The molecule has 2 bridgehead atoms. The van der Waals surface area contributed by atoms with Crippen molar-refractivity contribution in [3.63, 3.8) is 0 Å². The fourth-order valence-electron chi connectivity index (χ4n) is 3.46. The summed E-state index contributed by atoms with van der Waals surface area (Å²) in [6.07, 6.45) is 2.91. The first kappa shape index (κ1) is 12.5. The van der Waals surface area contributed by atoms with E-state index in [1.165, 1.54) is 11.1 Å². The van der Waals surface area contributed by atoms with Crippen LogP contribution in [0, 0.1) is 6.92 Å². The van der Waals surface area contributed by atoms with Crippen molar-refractivity contribution in [2.75, 3.05) is 0 Å². The molecule has 1 aromatic rings. The fraction of sp³-hybridized carbons (Fsp3) is 0.562. The van der Waals surface area contributed by atoms with E-state index in [1.807, 2.05) is 6.07 Å². The third kappa shape index (κ3) is 1.92. The SMILES string of the molecule is CC(C)=C1CC[C@]2(C)C[C@H]1c1c(cc(C)oc1=O)O2. The summed E-state index contributed by atoms with van der Waals surface area (Å²) in [4.78, 5) is 12.2. The van der Waals surface area contributed by atoms with Crippen LogP contribution in [0.3, 0.4) is 0 Å². The summed E-state index contributed by atoms with van der Waals surface area (Å²) >= 11 is 0. The molecular weight excluding hydrogens is 240 g/mol. The zero-order valence-electron chi connectivity index (χ0n) is 12.0. The molecule has 0 spiro atoms. The highest BCUT2D eigenvalue weighted by Gasteiger charge is 2.44. The van der Waals surface area contributed by atoms with Gasteiger partial charge in [0, 0.05) is 12.0 Å². The van der Waals surface area contributed by atoms with Gasteiger partial charge in [0.15, 0.2) is 0 Å². The van der Waals surface area contributed by atoms with Gasteiger partial charge in [0.1, 0.15) is 17.1 Å². The molecule has 3 rings (SSSR count). The van der Waals surface area contributed by atoms with Gasteiger partial charge in [0.2, 0.25) is 0 Å². The highest BCUT2D eigenvalue weighted by Crippen LogP contribution is 2.50. The minimum absolute atomic E-state index is 0.142. The number of ether oxygens (including phenoxy) is 1. The Labute approximate surface area is 113 Å². The van der Waals surface area contributed by atoms with Gasteiger partial charge < -0.3 is 9.15 Å². The van der Waals surface area contributed by atoms with E-state index >= 15 is 0 Å². The van der Waals surface area contributed by atoms with E-state index in [9.17, 15) is 4.79 Å². The minimum Gasteiger partial charge on any atom is -0.487 e. The lowest BCUT2D eigenvalue weighted by Gasteiger charge is -2.45. The molecule has 1 fully saturated rings. The molecule has 1 aromatic heterocycles. The molecule has 102 valence electrons. The molecule has 3 nitrogen and oxygen atoms in total. The molecule has 0 aromatic carbocycles. The maximum Gasteiger partial charge on any atom is 0.343 e. The van der Waals surface area contributed by atoms with Gasteiger partial charge >= 0.3 is 5.63 Å². The summed E-state index contributed by atoms with van der Waals surface area (Å²) in [5, 5.41) is 0. The molecule has 0 radical (unpaired) electrons. The van der Waals surface area contributed by atoms with Crippen LogP contribution in [0.15, 0.2) is 26.4 Å². The summed E-state index contributed by atoms with van der Waals surface area (Å²) in [7, 11) is 0. The third-order valence-electron chi connectivity index (χ3n) is 4.40. The predicted molar refractivity (Wildman–Crippen MR) is 73.7 cm³/mol. The van der Waals surface area contributed by atoms with E-state index < -0.39 is 0 Å². The summed E-state index contributed by atoms with van der Waals surface area (Å²) in [6.45, 7) is 8.19. The van der Waals surface area contributed by atoms with Crippen molar-refractivity contribution < 1.29 is 9.15 Å². The van der Waals surface area contributed by atoms with Gasteiger partial charge in [-0.2, -0.15) is 0 Å². The van der Waals surface area contributed by atoms with Crippen molar-refractivity contribution in [3.05, 3.63) is 39.0 Å². The molecule has 2 aliphatic rings. The summed E-state index contributed by atoms with van der Waals surface area (Å²) < 4.78 is 11.4. The van der Waals surface area contributed by atoms with Crippen LogP contribution >= 0.6 is 0 Å². The number of aryl methyl sites for hydroxylation is 1. The van der Waals surface area contributed by atoms with E-state index in [2.05, 4.69) is 20.8 Å². The third-order valence-corrected chi connectivity index (χ3v) is 4.40. The van der Waals surface area contributed by atoms with Crippen LogP contribution in [0.1, 0.15) is 57.3 Å². The lowest BCUT2D eigenvalue weighted by molar-refractivity contribution is 0.0333. The van der Waals surface area contributed by atoms with Crippen LogP contribution in [0.2, 0.25) is 0 Å². The van der Waals surface area contributed by atoms with Crippen molar-refractivity contribution >= 4 is 0 Å². The number of hydrogen-bond donors (Lipinski definition) is 0. The lowest BCUT2D eigenvalue weighted by Crippen LogP contribution is -2.43. The molecule has 0 unspecified atom stereocenters. The summed E-state index contributed by atoms with van der Waals surface area (Å²) in [5.41, 5.74) is 3.05. The van der Waals surface area contributed by atoms with Crippen LogP contribution < -0.4 is 10.4 Å². The van der Waals surface area contributed by atoms with Crippen molar-refractivity contribution in [3.8, 4) is 5.75 Å². The van der Waals surface area contributed by atoms with Crippen molar-refractivity contribution in [1.82, 2.24) is 0 Å². The van der Waals surface area contributed by atoms with Gasteiger partial charge in [-0.15, -0.1) is 0 Å². The van der Waals surface area contributed by atoms with Gasteiger partial charge in [0.05, 0.1) is 5.56 Å². The summed E-state index contributed by atoms with van der Waals surface area (Å²) in [5.74, 6) is 1.52.